The molecule has 0 aliphatic rings. The summed E-state index contributed by atoms with van der Waals surface area (Å²) in [6, 6.07) is 18.5. The van der Waals surface area contributed by atoms with Gasteiger partial charge >= 0.3 is 0 Å². The van der Waals surface area contributed by atoms with Crippen LogP contribution in [0.5, 0.6) is 5.75 Å². The van der Waals surface area contributed by atoms with Gasteiger partial charge in [0, 0.05) is 18.3 Å². The first-order valence-electron chi connectivity index (χ1n) is 8.67. The molecule has 2 aromatic carbocycles. The minimum atomic E-state index is -0.207. The van der Waals surface area contributed by atoms with E-state index in [0.29, 0.717) is 35.5 Å². The van der Waals surface area contributed by atoms with Gasteiger partial charge in [0.15, 0.2) is 5.65 Å². The topological polar surface area (TPSA) is 90.9 Å². The number of carbonyl (C=O) groups excluding carboxylic acids is 1. The monoisotopic (exact) mass is 358 g/mol. The molecule has 0 fully saturated rings. The lowest BCUT2D eigenvalue weighted by Gasteiger charge is -2.07. The number of nitrogens with one attached hydrogen (secondary N) is 2. The number of H-pyrrole nitrogens is 1. The van der Waals surface area contributed by atoms with E-state index in [2.05, 4.69) is 20.3 Å². The zero-order valence-corrected chi connectivity index (χ0v) is 14.5. The molecule has 1 amide bonds. The molecule has 2 aromatic heterocycles. The van der Waals surface area contributed by atoms with Gasteiger partial charge in [-0.2, -0.15) is 0 Å². The van der Waals surface area contributed by atoms with E-state index in [9.17, 15) is 9.90 Å². The third-order valence-electron chi connectivity index (χ3n) is 4.36. The zero-order chi connectivity index (χ0) is 18.6. The standard InChI is InChI=1S/C21H18N4O2/c26-17-9-5-4-6-14(17)10-12-23-21(27)16-11-13-22-20-18(16)24-19(25-20)15-7-2-1-3-8-15/h1-9,11,13,26H,10,12H2,(H,23,27)(H,22,24,25). The number of pyridine rings is 1. The van der Waals surface area contributed by atoms with E-state index >= 15 is 0 Å². The number of hydrogen-bond donors (Lipinski definition) is 3. The van der Waals surface area contributed by atoms with Crippen molar-refractivity contribution in [3.8, 4) is 17.1 Å². The second-order valence-electron chi connectivity index (χ2n) is 6.14. The highest BCUT2D eigenvalue weighted by molar-refractivity contribution is 6.04. The van der Waals surface area contributed by atoms with Crippen molar-refractivity contribution in [1.29, 1.82) is 0 Å². The van der Waals surface area contributed by atoms with Crippen molar-refractivity contribution in [2.75, 3.05) is 6.54 Å². The molecule has 27 heavy (non-hydrogen) atoms. The maximum atomic E-state index is 12.6. The number of benzene rings is 2. The first kappa shape index (κ1) is 16.8. The largest absolute Gasteiger partial charge is 0.508 e. The van der Waals surface area contributed by atoms with Crippen molar-refractivity contribution in [3.63, 3.8) is 0 Å². The molecule has 0 unspecified atom stereocenters. The van der Waals surface area contributed by atoms with Crippen molar-refractivity contribution in [3.05, 3.63) is 78.0 Å². The van der Waals surface area contributed by atoms with Crippen molar-refractivity contribution < 1.29 is 9.90 Å². The highest BCUT2D eigenvalue weighted by atomic mass is 16.3. The minimum Gasteiger partial charge on any atom is -0.508 e. The highest BCUT2D eigenvalue weighted by Gasteiger charge is 2.15. The summed E-state index contributed by atoms with van der Waals surface area (Å²) < 4.78 is 0. The van der Waals surface area contributed by atoms with Crippen LogP contribution in [-0.4, -0.2) is 32.5 Å². The van der Waals surface area contributed by atoms with Gasteiger partial charge in [-0.25, -0.2) is 9.97 Å². The molecule has 0 spiro atoms. The van der Waals surface area contributed by atoms with Crippen LogP contribution < -0.4 is 5.32 Å². The third kappa shape index (κ3) is 3.50. The summed E-state index contributed by atoms with van der Waals surface area (Å²) in [6.07, 6.45) is 2.13. The summed E-state index contributed by atoms with van der Waals surface area (Å²) in [5.41, 5.74) is 3.33. The van der Waals surface area contributed by atoms with Gasteiger partial charge in [-0.1, -0.05) is 48.5 Å². The lowest BCUT2D eigenvalue weighted by Crippen LogP contribution is -2.26. The number of phenols is 1. The highest BCUT2D eigenvalue weighted by Crippen LogP contribution is 2.21. The molecule has 0 aliphatic carbocycles. The molecule has 0 aliphatic heterocycles. The molecule has 0 radical (unpaired) electrons. The van der Waals surface area contributed by atoms with Crippen LogP contribution in [0.2, 0.25) is 0 Å². The molecule has 0 saturated carbocycles. The number of rotatable bonds is 5. The minimum absolute atomic E-state index is 0.207. The van der Waals surface area contributed by atoms with Crippen LogP contribution >= 0.6 is 0 Å². The molecule has 2 heterocycles. The van der Waals surface area contributed by atoms with E-state index in [1.165, 1.54) is 0 Å². The summed E-state index contributed by atoms with van der Waals surface area (Å²) in [4.78, 5) is 24.6. The number of nitrogens with zero attached hydrogens (tertiary/aromatic N) is 2. The molecular weight excluding hydrogens is 340 g/mol. The molecule has 0 saturated heterocycles. The molecule has 4 aromatic rings. The van der Waals surface area contributed by atoms with E-state index < -0.39 is 0 Å². The second-order valence-corrected chi connectivity index (χ2v) is 6.14. The first-order valence-corrected chi connectivity index (χ1v) is 8.67. The molecule has 0 bridgehead atoms. The zero-order valence-electron chi connectivity index (χ0n) is 14.5. The van der Waals surface area contributed by atoms with Gasteiger partial charge in [-0.3, -0.25) is 4.79 Å². The lowest BCUT2D eigenvalue weighted by atomic mass is 10.1. The summed E-state index contributed by atoms with van der Waals surface area (Å²) in [7, 11) is 0. The summed E-state index contributed by atoms with van der Waals surface area (Å²) in [5, 5.41) is 12.7. The number of para-hydroxylation sites is 1. The van der Waals surface area contributed by atoms with Gasteiger partial charge in [0.2, 0.25) is 0 Å². The SMILES string of the molecule is O=C(NCCc1ccccc1O)c1ccnc2nc(-c3ccccc3)[nH]c12. The van der Waals surface area contributed by atoms with Gasteiger partial charge in [0.1, 0.15) is 11.6 Å². The van der Waals surface area contributed by atoms with Crippen LogP contribution in [0.15, 0.2) is 66.9 Å². The Labute approximate surface area is 155 Å². The fourth-order valence-electron chi connectivity index (χ4n) is 2.96. The van der Waals surface area contributed by atoms with Crippen LogP contribution in [0, 0.1) is 0 Å². The molecule has 6 heteroatoms. The Kier molecular flexibility index (Phi) is 4.53. The Bertz CT molecular complexity index is 1090. The number of aromatic amines is 1. The Morgan fingerprint density at radius 1 is 1.04 bits per heavy atom. The van der Waals surface area contributed by atoms with E-state index in [4.69, 9.17) is 0 Å². The van der Waals surface area contributed by atoms with Crippen molar-refractivity contribution >= 4 is 17.1 Å². The van der Waals surface area contributed by atoms with Gasteiger partial charge in [-0.15, -0.1) is 0 Å². The molecular formula is C21H18N4O2. The molecule has 4 rings (SSSR count). The van der Waals surface area contributed by atoms with Crippen molar-refractivity contribution in [1.82, 2.24) is 20.3 Å². The maximum Gasteiger partial charge on any atom is 0.253 e. The molecule has 6 nitrogen and oxygen atoms in total. The number of fused-ring (bicyclic) bond motifs is 1. The van der Waals surface area contributed by atoms with Crippen LogP contribution in [0.3, 0.4) is 0 Å². The van der Waals surface area contributed by atoms with E-state index in [1.807, 2.05) is 42.5 Å². The maximum absolute atomic E-state index is 12.6. The van der Waals surface area contributed by atoms with Gasteiger partial charge < -0.3 is 15.4 Å². The third-order valence-corrected chi connectivity index (χ3v) is 4.36. The van der Waals surface area contributed by atoms with Gasteiger partial charge in [-0.05, 0) is 24.1 Å². The van der Waals surface area contributed by atoms with Gasteiger partial charge in [0.05, 0.1) is 11.1 Å². The first-order chi connectivity index (χ1) is 13.2. The van der Waals surface area contributed by atoms with Crippen molar-refractivity contribution in [2.45, 2.75) is 6.42 Å². The van der Waals surface area contributed by atoms with E-state index in [0.717, 1.165) is 11.1 Å². The number of hydrogen-bond acceptors (Lipinski definition) is 4. The van der Waals surface area contributed by atoms with Crippen LogP contribution in [-0.2, 0) is 6.42 Å². The Morgan fingerprint density at radius 2 is 1.81 bits per heavy atom. The van der Waals surface area contributed by atoms with Crippen LogP contribution in [0.4, 0.5) is 0 Å². The quantitative estimate of drug-likeness (QED) is 0.510. The lowest BCUT2D eigenvalue weighted by molar-refractivity contribution is 0.0955. The van der Waals surface area contributed by atoms with Crippen LogP contribution in [0.1, 0.15) is 15.9 Å². The van der Waals surface area contributed by atoms with Crippen LogP contribution in [0.25, 0.3) is 22.6 Å². The number of phenolic OH excluding ortho intramolecular Hbond substituents is 1. The predicted octanol–water partition coefficient (Wildman–Crippen LogP) is 3.30. The second kappa shape index (κ2) is 7.29. The Morgan fingerprint density at radius 3 is 2.63 bits per heavy atom. The van der Waals surface area contributed by atoms with E-state index in [1.54, 1.807) is 24.4 Å². The number of carbonyl (C=O) groups is 1. The predicted molar refractivity (Wildman–Crippen MR) is 103 cm³/mol. The van der Waals surface area contributed by atoms with E-state index in [-0.39, 0.29) is 11.7 Å². The average molecular weight is 358 g/mol. The fraction of sp³-hybridized carbons (Fsp3) is 0.0952. The smallest absolute Gasteiger partial charge is 0.253 e. The Balaban J connectivity index is 1.53. The normalized spacial score (nSPS) is 10.8. The number of aromatic nitrogens is 3. The molecule has 134 valence electrons. The van der Waals surface area contributed by atoms with Crippen molar-refractivity contribution in [2.24, 2.45) is 0 Å². The Hall–Kier alpha value is -3.67. The van der Waals surface area contributed by atoms with Gasteiger partial charge in [0.25, 0.3) is 5.91 Å². The molecule has 0 atom stereocenters. The summed E-state index contributed by atoms with van der Waals surface area (Å²) in [5.74, 6) is 0.702. The average Bonchev–Trinajstić information content (AvgIpc) is 3.14. The fourth-order valence-corrected chi connectivity index (χ4v) is 2.96. The number of imidazole rings is 1. The number of amides is 1. The number of aromatic hydroxyl groups is 1. The summed E-state index contributed by atoms with van der Waals surface area (Å²) >= 11 is 0. The summed E-state index contributed by atoms with van der Waals surface area (Å²) in [6.45, 7) is 0.417. The molecule has 3 N–H and O–H groups in total.